The van der Waals surface area contributed by atoms with Gasteiger partial charge in [0.15, 0.2) is 0 Å². The second kappa shape index (κ2) is 9.58. The third-order valence-corrected chi connectivity index (χ3v) is 5.05. The van der Waals surface area contributed by atoms with Crippen molar-refractivity contribution in [3.05, 3.63) is 64.7 Å². The molecule has 0 spiro atoms. The summed E-state index contributed by atoms with van der Waals surface area (Å²) in [5.74, 6) is -0.643. The van der Waals surface area contributed by atoms with Crippen molar-refractivity contribution >= 4 is 40.9 Å². The summed E-state index contributed by atoms with van der Waals surface area (Å²) in [6.45, 7) is 3.72. The summed E-state index contributed by atoms with van der Waals surface area (Å²) < 4.78 is 4.68. The maximum Gasteiger partial charge on any atom is 0.337 e. The summed E-state index contributed by atoms with van der Waals surface area (Å²) in [6, 6.07) is 12.4. The van der Waals surface area contributed by atoms with Crippen molar-refractivity contribution in [2.45, 2.75) is 0 Å². The number of carbonyl (C=O) groups is 2. The summed E-state index contributed by atoms with van der Waals surface area (Å²) in [5.41, 5.74) is 2.92. The monoisotopic (exact) mass is 413 g/mol. The van der Waals surface area contributed by atoms with Crippen molar-refractivity contribution in [3.8, 4) is 0 Å². The lowest BCUT2D eigenvalue weighted by Gasteiger charge is -2.35. The molecular weight excluding hydrogens is 390 g/mol. The zero-order chi connectivity index (χ0) is 20.8. The molecule has 2 aromatic carbocycles. The maximum absolute atomic E-state index is 12.5. The van der Waals surface area contributed by atoms with Crippen LogP contribution in [0.2, 0.25) is 5.02 Å². The van der Waals surface area contributed by atoms with Gasteiger partial charge in [-0.1, -0.05) is 23.7 Å². The number of hydrogen-bond acceptors (Lipinski definition) is 5. The fraction of sp³-hybridized carbons (Fsp3) is 0.273. The first kappa shape index (κ1) is 20.9. The molecule has 1 amide bonds. The quantitative estimate of drug-likeness (QED) is 0.600. The van der Waals surface area contributed by atoms with E-state index >= 15 is 0 Å². The van der Waals surface area contributed by atoms with Gasteiger partial charge in [-0.25, -0.2) is 4.79 Å². The highest BCUT2D eigenvalue weighted by Crippen LogP contribution is 2.30. The van der Waals surface area contributed by atoms with Crippen LogP contribution in [0.15, 0.2) is 48.5 Å². The normalized spacial score (nSPS) is 14.8. The standard InChI is InChI=1S/C22H24ClN3O3/c1-25-11-13-26(14-12-25)20-9-8-18(23)15-19(20)24-21(27)10-5-16-3-6-17(7-4-16)22(28)29-2/h3-10,15H,11-14H2,1-2H3,(H,24,27). The van der Waals surface area contributed by atoms with Crippen LogP contribution in [0, 0.1) is 0 Å². The first-order valence-electron chi connectivity index (χ1n) is 9.37. The predicted molar refractivity (Wildman–Crippen MR) is 117 cm³/mol. The van der Waals surface area contributed by atoms with Gasteiger partial charge in [0.2, 0.25) is 5.91 Å². The second-order valence-electron chi connectivity index (χ2n) is 6.89. The Bertz CT molecular complexity index is 904. The number of methoxy groups -OCH3 is 1. The minimum atomic E-state index is -0.393. The molecule has 1 aliphatic rings. The molecule has 0 bridgehead atoms. The van der Waals surface area contributed by atoms with Gasteiger partial charge in [0.1, 0.15) is 0 Å². The molecular formula is C22H24ClN3O3. The zero-order valence-corrected chi connectivity index (χ0v) is 17.3. The molecule has 3 rings (SSSR count). The highest BCUT2D eigenvalue weighted by molar-refractivity contribution is 6.31. The number of nitrogens with one attached hydrogen (secondary N) is 1. The fourth-order valence-electron chi connectivity index (χ4n) is 3.13. The Balaban J connectivity index is 1.69. The average molecular weight is 414 g/mol. The average Bonchev–Trinajstić information content (AvgIpc) is 2.73. The molecule has 1 N–H and O–H groups in total. The number of ether oxygens (including phenoxy) is 1. The van der Waals surface area contributed by atoms with Crippen molar-refractivity contribution in [1.82, 2.24) is 4.90 Å². The molecule has 0 aromatic heterocycles. The van der Waals surface area contributed by atoms with E-state index < -0.39 is 5.97 Å². The molecule has 7 heteroatoms. The Labute approximate surface area is 175 Å². The van der Waals surface area contributed by atoms with Gasteiger partial charge < -0.3 is 19.9 Å². The van der Waals surface area contributed by atoms with Gasteiger partial charge in [0, 0.05) is 37.3 Å². The number of esters is 1. The van der Waals surface area contributed by atoms with Crippen LogP contribution in [0.5, 0.6) is 0 Å². The van der Waals surface area contributed by atoms with Crippen molar-refractivity contribution in [2.75, 3.05) is 50.6 Å². The molecule has 1 aliphatic heterocycles. The van der Waals surface area contributed by atoms with Crippen molar-refractivity contribution in [3.63, 3.8) is 0 Å². The number of piperazine rings is 1. The number of carbonyl (C=O) groups excluding carboxylic acids is 2. The van der Waals surface area contributed by atoms with Crippen LogP contribution in [0.1, 0.15) is 15.9 Å². The Kier molecular flexibility index (Phi) is 6.90. The van der Waals surface area contributed by atoms with E-state index in [1.807, 2.05) is 12.1 Å². The smallest absolute Gasteiger partial charge is 0.337 e. The number of nitrogens with zero attached hydrogens (tertiary/aromatic N) is 2. The van der Waals surface area contributed by atoms with Gasteiger partial charge in [-0.05, 0) is 49.0 Å². The lowest BCUT2D eigenvalue weighted by molar-refractivity contribution is -0.111. The lowest BCUT2D eigenvalue weighted by atomic mass is 10.1. The highest BCUT2D eigenvalue weighted by atomic mass is 35.5. The molecule has 0 atom stereocenters. The number of rotatable bonds is 5. The zero-order valence-electron chi connectivity index (χ0n) is 16.5. The largest absolute Gasteiger partial charge is 0.465 e. The number of anilines is 2. The molecule has 0 radical (unpaired) electrons. The molecule has 1 saturated heterocycles. The molecule has 152 valence electrons. The predicted octanol–water partition coefficient (Wildman–Crippen LogP) is 3.53. The van der Waals surface area contributed by atoms with E-state index in [1.165, 1.54) is 13.2 Å². The molecule has 2 aromatic rings. The van der Waals surface area contributed by atoms with E-state index in [-0.39, 0.29) is 5.91 Å². The summed E-state index contributed by atoms with van der Waals surface area (Å²) >= 11 is 6.15. The molecule has 6 nitrogen and oxygen atoms in total. The van der Waals surface area contributed by atoms with Gasteiger partial charge in [0.05, 0.1) is 24.0 Å². The van der Waals surface area contributed by atoms with Crippen LogP contribution in [-0.4, -0.2) is 57.1 Å². The SMILES string of the molecule is COC(=O)c1ccc(C=CC(=O)Nc2cc(Cl)ccc2N2CCN(C)CC2)cc1. The van der Waals surface area contributed by atoms with Gasteiger partial charge >= 0.3 is 5.97 Å². The Hall–Kier alpha value is -2.83. The number of amides is 1. The highest BCUT2D eigenvalue weighted by Gasteiger charge is 2.18. The van der Waals surface area contributed by atoms with E-state index in [0.29, 0.717) is 16.3 Å². The van der Waals surface area contributed by atoms with E-state index in [4.69, 9.17) is 11.6 Å². The molecule has 0 aliphatic carbocycles. The molecule has 1 heterocycles. The Morgan fingerprint density at radius 1 is 1.07 bits per heavy atom. The topological polar surface area (TPSA) is 61.9 Å². The number of halogens is 1. The minimum absolute atomic E-state index is 0.250. The molecule has 0 saturated carbocycles. The van der Waals surface area contributed by atoms with E-state index in [9.17, 15) is 9.59 Å². The van der Waals surface area contributed by atoms with Gasteiger partial charge in [-0.2, -0.15) is 0 Å². The summed E-state index contributed by atoms with van der Waals surface area (Å²) in [6.07, 6.45) is 3.15. The van der Waals surface area contributed by atoms with Crippen molar-refractivity contribution in [1.29, 1.82) is 0 Å². The van der Waals surface area contributed by atoms with E-state index in [2.05, 4.69) is 26.9 Å². The Morgan fingerprint density at radius 2 is 1.76 bits per heavy atom. The van der Waals surface area contributed by atoms with E-state index in [0.717, 1.165) is 37.4 Å². The molecule has 29 heavy (non-hydrogen) atoms. The first-order chi connectivity index (χ1) is 14.0. The Morgan fingerprint density at radius 3 is 2.41 bits per heavy atom. The third-order valence-electron chi connectivity index (χ3n) is 4.82. The maximum atomic E-state index is 12.5. The van der Waals surface area contributed by atoms with Crippen LogP contribution in [0.3, 0.4) is 0 Å². The van der Waals surface area contributed by atoms with Gasteiger partial charge in [0.25, 0.3) is 0 Å². The summed E-state index contributed by atoms with van der Waals surface area (Å²) in [4.78, 5) is 28.5. The number of likely N-dealkylation sites (N-methyl/N-ethyl adjacent to an activating group) is 1. The van der Waals surface area contributed by atoms with E-state index in [1.54, 1.807) is 36.4 Å². The lowest BCUT2D eigenvalue weighted by Crippen LogP contribution is -2.44. The third kappa shape index (κ3) is 5.59. The van der Waals surface area contributed by atoms with Crippen molar-refractivity contribution < 1.29 is 14.3 Å². The molecule has 1 fully saturated rings. The van der Waals surface area contributed by atoms with Crippen LogP contribution in [-0.2, 0) is 9.53 Å². The number of benzene rings is 2. The van der Waals surface area contributed by atoms with Crippen molar-refractivity contribution in [2.24, 2.45) is 0 Å². The van der Waals surface area contributed by atoms with Crippen LogP contribution < -0.4 is 10.2 Å². The van der Waals surface area contributed by atoms with Crippen LogP contribution in [0.4, 0.5) is 11.4 Å². The summed E-state index contributed by atoms with van der Waals surface area (Å²) in [5, 5.41) is 3.50. The van der Waals surface area contributed by atoms with Crippen LogP contribution >= 0.6 is 11.6 Å². The number of hydrogen-bond donors (Lipinski definition) is 1. The van der Waals surface area contributed by atoms with Gasteiger partial charge in [-0.15, -0.1) is 0 Å². The second-order valence-corrected chi connectivity index (χ2v) is 7.32. The molecule has 0 unspecified atom stereocenters. The fourth-order valence-corrected chi connectivity index (χ4v) is 3.30. The first-order valence-corrected chi connectivity index (χ1v) is 9.74. The van der Waals surface area contributed by atoms with Crippen LogP contribution in [0.25, 0.3) is 6.08 Å². The van der Waals surface area contributed by atoms with Gasteiger partial charge in [-0.3, -0.25) is 4.79 Å². The summed E-state index contributed by atoms with van der Waals surface area (Å²) in [7, 11) is 3.44. The minimum Gasteiger partial charge on any atom is -0.465 e.